The fourth-order valence-corrected chi connectivity index (χ4v) is 6.72. The minimum absolute atomic E-state index is 0.0266. The number of nitrogens with one attached hydrogen (secondary N) is 3. The topological polar surface area (TPSA) is 117 Å². The van der Waals surface area contributed by atoms with Crippen LogP contribution in [0.4, 0.5) is 18.9 Å². The zero-order valence-electron chi connectivity index (χ0n) is 25.1. The van der Waals surface area contributed by atoms with Crippen molar-refractivity contribution in [3.05, 3.63) is 41.2 Å². The molecular formula is C31H40ClF3N4O5. The van der Waals surface area contributed by atoms with Gasteiger partial charge in [0.2, 0.25) is 23.5 Å². The van der Waals surface area contributed by atoms with E-state index in [9.17, 15) is 23.6 Å². The van der Waals surface area contributed by atoms with Gasteiger partial charge in [-0.25, -0.2) is 13.6 Å². The summed E-state index contributed by atoms with van der Waals surface area (Å²) in [5.41, 5.74) is 0.569. The maximum absolute atomic E-state index is 15.3. The van der Waals surface area contributed by atoms with Crippen LogP contribution in [0.2, 0.25) is 5.02 Å². The molecule has 5 rings (SSSR count). The standard InChI is InChI=1S/C31H40ClF3N4O5/c1-4-44-30(43)24(33)15-21(13-18-10-11-36-27(18)40)38-28(41)26-23-9-8-22(16-31(23,34)35)39(26)29(42)25(12-17(2)3)37-20-7-5-6-19(32)14-20/h5-7,14-15,17-18,21-23,25-26,37H,4,8-13,16H2,1-3H3,(H,36,40)(H,38,41)/b24-15-/t18-,21+,22-,23-,25-,26-/m0/s1. The van der Waals surface area contributed by atoms with E-state index in [1.165, 1.54) is 11.8 Å². The number of halogens is 4. The maximum Gasteiger partial charge on any atom is 0.366 e. The molecule has 3 heterocycles. The second-order valence-corrected chi connectivity index (χ2v) is 12.6. The number of ether oxygens (including phenoxy) is 1. The lowest BCUT2D eigenvalue weighted by molar-refractivity contribution is -0.194. The molecule has 44 heavy (non-hydrogen) atoms. The summed E-state index contributed by atoms with van der Waals surface area (Å²) in [5, 5.41) is 8.90. The quantitative estimate of drug-likeness (QED) is 0.227. The van der Waals surface area contributed by atoms with E-state index in [4.69, 9.17) is 16.3 Å². The molecule has 0 radical (unpaired) electrons. The molecular weight excluding hydrogens is 601 g/mol. The number of esters is 1. The Balaban J connectivity index is 1.65. The van der Waals surface area contributed by atoms with Crippen LogP contribution in [0.3, 0.4) is 0 Å². The molecule has 3 amide bonds. The van der Waals surface area contributed by atoms with Gasteiger partial charge in [-0.1, -0.05) is 31.5 Å². The molecule has 3 N–H and O–H groups in total. The summed E-state index contributed by atoms with van der Waals surface area (Å²) < 4.78 is 50.1. The largest absolute Gasteiger partial charge is 0.461 e. The van der Waals surface area contributed by atoms with Gasteiger partial charge in [0.15, 0.2) is 0 Å². The molecule has 13 heteroatoms. The van der Waals surface area contributed by atoms with Crippen molar-refractivity contribution in [3.63, 3.8) is 0 Å². The Kier molecular flexibility index (Phi) is 10.9. The Hall–Kier alpha value is -3.28. The molecule has 1 saturated carbocycles. The number of nitrogens with zero attached hydrogens (tertiary/aromatic N) is 1. The zero-order valence-corrected chi connectivity index (χ0v) is 25.8. The third-order valence-corrected chi connectivity index (χ3v) is 8.71. The predicted molar refractivity (Wildman–Crippen MR) is 159 cm³/mol. The van der Waals surface area contributed by atoms with Crippen molar-refractivity contribution in [1.82, 2.24) is 15.5 Å². The Labute approximate surface area is 260 Å². The Morgan fingerprint density at radius 1 is 1.23 bits per heavy atom. The van der Waals surface area contributed by atoms with Crippen molar-refractivity contribution < 1.29 is 37.1 Å². The number of amides is 3. The minimum atomic E-state index is -3.21. The summed E-state index contributed by atoms with van der Waals surface area (Å²) >= 11 is 6.14. The number of hydrogen-bond acceptors (Lipinski definition) is 6. The first-order valence-electron chi connectivity index (χ1n) is 15.1. The number of rotatable bonds is 12. The van der Waals surface area contributed by atoms with E-state index in [1.54, 1.807) is 24.3 Å². The Bertz CT molecular complexity index is 1280. The zero-order chi connectivity index (χ0) is 32.2. The Morgan fingerprint density at radius 3 is 2.59 bits per heavy atom. The van der Waals surface area contributed by atoms with Crippen molar-refractivity contribution in [2.24, 2.45) is 17.8 Å². The molecule has 9 nitrogen and oxygen atoms in total. The van der Waals surface area contributed by atoms with Gasteiger partial charge < -0.3 is 25.6 Å². The van der Waals surface area contributed by atoms with Crippen LogP contribution < -0.4 is 16.0 Å². The van der Waals surface area contributed by atoms with Gasteiger partial charge in [0.05, 0.1) is 18.6 Å². The predicted octanol–water partition coefficient (Wildman–Crippen LogP) is 4.61. The number of fused-ring (bicyclic) bond motifs is 3. The first-order valence-corrected chi connectivity index (χ1v) is 15.5. The fourth-order valence-electron chi connectivity index (χ4n) is 6.53. The number of piperidine rings is 2. The number of carbonyl (C=O) groups excluding carboxylic acids is 4. The van der Waals surface area contributed by atoms with E-state index < -0.39 is 72.0 Å². The molecule has 0 spiro atoms. The molecule has 242 valence electrons. The van der Waals surface area contributed by atoms with Crippen molar-refractivity contribution in [2.75, 3.05) is 18.5 Å². The highest BCUT2D eigenvalue weighted by atomic mass is 35.5. The normalized spacial score (nSPS) is 25.8. The van der Waals surface area contributed by atoms with E-state index >= 15 is 8.78 Å². The van der Waals surface area contributed by atoms with Crippen LogP contribution >= 0.6 is 11.6 Å². The van der Waals surface area contributed by atoms with Gasteiger partial charge in [0.25, 0.3) is 5.92 Å². The average molecular weight is 641 g/mol. The van der Waals surface area contributed by atoms with Gasteiger partial charge in [-0.2, -0.15) is 4.39 Å². The van der Waals surface area contributed by atoms with Gasteiger partial charge in [-0.15, -0.1) is 0 Å². The fraction of sp³-hybridized carbons (Fsp3) is 0.613. The van der Waals surface area contributed by atoms with Crippen LogP contribution in [-0.2, 0) is 23.9 Å². The van der Waals surface area contributed by atoms with Gasteiger partial charge in [-0.05, 0) is 69.2 Å². The van der Waals surface area contributed by atoms with E-state index in [0.29, 0.717) is 36.5 Å². The van der Waals surface area contributed by atoms with E-state index in [-0.39, 0.29) is 31.3 Å². The molecule has 6 atom stereocenters. The SMILES string of the molecule is CCOC(=O)/C(F)=C/[C@@H](C[C@@H]1CCNC1=O)NC(=O)[C@@H]1[C@@H]2CC[C@@H](CC2(F)F)N1C(=O)[C@H](CC(C)C)Nc1cccc(Cl)c1. The van der Waals surface area contributed by atoms with Gasteiger partial charge in [0, 0.05) is 35.6 Å². The first kappa shape index (κ1) is 33.6. The summed E-state index contributed by atoms with van der Waals surface area (Å²) in [6.45, 7) is 5.67. The second-order valence-electron chi connectivity index (χ2n) is 12.2. The number of carbonyl (C=O) groups is 4. The highest BCUT2D eigenvalue weighted by Gasteiger charge is 2.61. The van der Waals surface area contributed by atoms with Crippen LogP contribution in [0.5, 0.6) is 0 Å². The maximum atomic E-state index is 15.3. The Morgan fingerprint density at radius 2 is 1.98 bits per heavy atom. The highest BCUT2D eigenvalue weighted by molar-refractivity contribution is 6.30. The molecule has 1 aliphatic carbocycles. The average Bonchev–Trinajstić information content (AvgIpc) is 3.35. The minimum Gasteiger partial charge on any atom is -0.461 e. The lowest BCUT2D eigenvalue weighted by atomic mass is 9.71. The van der Waals surface area contributed by atoms with Crippen LogP contribution in [0.25, 0.3) is 0 Å². The van der Waals surface area contributed by atoms with Crippen molar-refractivity contribution in [3.8, 4) is 0 Å². The lowest BCUT2D eigenvalue weighted by Crippen LogP contribution is -2.70. The smallest absolute Gasteiger partial charge is 0.366 e. The monoisotopic (exact) mass is 640 g/mol. The number of hydrogen-bond donors (Lipinski definition) is 3. The van der Waals surface area contributed by atoms with E-state index in [2.05, 4.69) is 16.0 Å². The lowest BCUT2D eigenvalue weighted by Gasteiger charge is -2.54. The summed E-state index contributed by atoms with van der Waals surface area (Å²) in [7, 11) is 0. The van der Waals surface area contributed by atoms with Gasteiger partial charge in [-0.3, -0.25) is 14.4 Å². The first-order chi connectivity index (χ1) is 20.8. The van der Waals surface area contributed by atoms with Crippen LogP contribution in [0.15, 0.2) is 36.2 Å². The van der Waals surface area contributed by atoms with Gasteiger partial charge >= 0.3 is 5.97 Å². The molecule has 4 fully saturated rings. The van der Waals surface area contributed by atoms with Crippen molar-refractivity contribution in [1.29, 1.82) is 0 Å². The third-order valence-electron chi connectivity index (χ3n) is 8.48. The molecule has 0 aromatic heterocycles. The summed E-state index contributed by atoms with van der Waals surface area (Å²) in [6, 6.07) is 2.33. The number of benzene rings is 1. The summed E-state index contributed by atoms with van der Waals surface area (Å²) in [4.78, 5) is 53.7. The molecule has 2 bridgehead atoms. The van der Waals surface area contributed by atoms with E-state index in [0.717, 1.165) is 6.08 Å². The molecule has 0 unspecified atom stereocenters. The second kappa shape index (κ2) is 14.2. The molecule has 1 aromatic carbocycles. The van der Waals surface area contributed by atoms with Crippen molar-refractivity contribution >= 4 is 41.0 Å². The van der Waals surface area contributed by atoms with Crippen LogP contribution in [-0.4, -0.2) is 71.8 Å². The molecule has 3 saturated heterocycles. The summed E-state index contributed by atoms with van der Waals surface area (Å²) in [6.07, 6.45) is 1.32. The number of anilines is 1. The molecule has 1 aromatic rings. The van der Waals surface area contributed by atoms with Crippen LogP contribution in [0.1, 0.15) is 59.3 Å². The summed E-state index contributed by atoms with van der Waals surface area (Å²) in [5.74, 6) is -9.42. The van der Waals surface area contributed by atoms with Crippen LogP contribution in [0, 0.1) is 17.8 Å². The van der Waals surface area contributed by atoms with Crippen molar-refractivity contribution in [2.45, 2.75) is 89.4 Å². The third kappa shape index (κ3) is 7.86. The highest BCUT2D eigenvalue weighted by Crippen LogP contribution is 2.49. The van der Waals surface area contributed by atoms with Gasteiger partial charge in [0.1, 0.15) is 12.1 Å². The molecule has 3 aliphatic heterocycles. The number of alkyl halides is 2. The van der Waals surface area contributed by atoms with E-state index in [1.807, 2.05) is 13.8 Å². The molecule has 4 aliphatic rings.